The molecule has 152 valence electrons. The summed E-state index contributed by atoms with van der Waals surface area (Å²) >= 11 is 1.50. The lowest BCUT2D eigenvalue weighted by Gasteiger charge is -2.18. The van der Waals surface area contributed by atoms with Crippen molar-refractivity contribution in [1.29, 1.82) is 0 Å². The number of hydrogen-bond acceptors (Lipinski definition) is 5. The summed E-state index contributed by atoms with van der Waals surface area (Å²) in [5.74, 6) is -0.540. The van der Waals surface area contributed by atoms with Crippen molar-refractivity contribution in [3.8, 4) is 0 Å². The van der Waals surface area contributed by atoms with Crippen molar-refractivity contribution in [3.05, 3.63) is 92.5 Å². The number of nitrogens with one attached hydrogen (secondary N) is 1. The van der Waals surface area contributed by atoms with Gasteiger partial charge in [-0.05, 0) is 35.2 Å². The van der Waals surface area contributed by atoms with Gasteiger partial charge in [-0.25, -0.2) is 4.39 Å². The second kappa shape index (κ2) is 8.42. The number of carbonyl (C=O) groups excluding carboxylic acids is 1. The zero-order valence-corrected chi connectivity index (χ0v) is 16.5. The molecule has 1 amide bonds. The molecule has 2 aromatic carbocycles. The molecule has 0 fully saturated rings. The van der Waals surface area contributed by atoms with E-state index in [2.05, 4.69) is 10.4 Å². The number of hydrogen-bond donors (Lipinski definition) is 1. The predicted molar refractivity (Wildman–Crippen MR) is 112 cm³/mol. The van der Waals surface area contributed by atoms with Gasteiger partial charge in [-0.15, -0.1) is 11.3 Å². The third-order valence-corrected chi connectivity index (χ3v) is 5.66. The van der Waals surface area contributed by atoms with Gasteiger partial charge in [-0.3, -0.25) is 19.6 Å². The fourth-order valence-electron chi connectivity index (χ4n) is 3.22. The summed E-state index contributed by atoms with van der Waals surface area (Å²) in [6.45, 7) is 0.275. The van der Waals surface area contributed by atoms with Crippen molar-refractivity contribution < 1.29 is 14.1 Å². The van der Waals surface area contributed by atoms with Gasteiger partial charge in [-0.1, -0.05) is 18.2 Å². The molecule has 0 aliphatic carbocycles. The molecule has 4 aromatic rings. The van der Waals surface area contributed by atoms with E-state index in [1.54, 1.807) is 29.1 Å². The first-order valence-electron chi connectivity index (χ1n) is 9.19. The number of benzene rings is 2. The van der Waals surface area contributed by atoms with E-state index < -0.39 is 4.92 Å². The first kappa shape index (κ1) is 19.7. The Morgan fingerprint density at radius 2 is 2.03 bits per heavy atom. The number of aromatic nitrogens is 2. The van der Waals surface area contributed by atoms with Gasteiger partial charge < -0.3 is 5.32 Å². The molecule has 0 bridgehead atoms. The second-order valence-corrected chi connectivity index (χ2v) is 7.66. The van der Waals surface area contributed by atoms with Crippen molar-refractivity contribution in [2.75, 3.05) is 0 Å². The van der Waals surface area contributed by atoms with Crippen LogP contribution in [0.15, 0.2) is 66.2 Å². The van der Waals surface area contributed by atoms with Gasteiger partial charge in [0.15, 0.2) is 0 Å². The molecular weight excluding hydrogens is 407 g/mol. The van der Waals surface area contributed by atoms with Crippen LogP contribution in [0.5, 0.6) is 0 Å². The van der Waals surface area contributed by atoms with Gasteiger partial charge in [0.25, 0.3) is 5.69 Å². The normalized spacial score (nSPS) is 12.0. The number of carbonyl (C=O) groups is 1. The Kier molecular flexibility index (Phi) is 5.53. The van der Waals surface area contributed by atoms with Crippen molar-refractivity contribution in [2.45, 2.75) is 19.0 Å². The Morgan fingerprint density at radius 3 is 2.73 bits per heavy atom. The van der Waals surface area contributed by atoms with E-state index in [-0.39, 0.29) is 36.4 Å². The number of nitro groups is 1. The molecule has 2 aromatic heterocycles. The number of thiophene rings is 1. The zero-order chi connectivity index (χ0) is 21.1. The molecule has 0 unspecified atom stereocenters. The molecule has 0 aliphatic rings. The van der Waals surface area contributed by atoms with Crippen LogP contribution in [0.1, 0.15) is 22.9 Å². The first-order chi connectivity index (χ1) is 14.5. The zero-order valence-electron chi connectivity index (χ0n) is 15.7. The van der Waals surface area contributed by atoms with Gasteiger partial charge in [0.2, 0.25) is 5.91 Å². The van der Waals surface area contributed by atoms with E-state index in [0.29, 0.717) is 5.52 Å². The highest BCUT2D eigenvalue weighted by Gasteiger charge is 2.18. The largest absolute Gasteiger partial charge is 0.344 e. The van der Waals surface area contributed by atoms with Crippen LogP contribution in [0.25, 0.3) is 10.9 Å². The smallest absolute Gasteiger partial charge is 0.271 e. The number of nitrogens with zero attached hydrogens (tertiary/aromatic N) is 3. The number of aryl methyl sites for hydroxylation is 1. The number of rotatable bonds is 7. The SMILES string of the molecule is O=C(CCn1ncc2ccc([N+](=O)[O-])cc21)N[C@@H](c1ccc(F)cc1)c1cccs1. The Labute approximate surface area is 174 Å². The molecular formula is C21H17FN4O3S. The number of halogens is 1. The number of amides is 1. The summed E-state index contributed by atoms with van der Waals surface area (Å²) in [5.41, 5.74) is 1.36. The molecule has 0 saturated carbocycles. The molecule has 0 radical (unpaired) electrons. The lowest BCUT2D eigenvalue weighted by Crippen LogP contribution is -2.29. The summed E-state index contributed by atoms with van der Waals surface area (Å²) in [6.07, 6.45) is 1.76. The van der Waals surface area contributed by atoms with Crippen LogP contribution in [0.4, 0.5) is 10.1 Å². The molecule has 0 saturated heterocycles. The molecule has 7 nitrogen and oxygen atoms in total. The van der Waals surface area contributed by atoms with Crippen molar-refractivity contribution in [3.63, 3.8) is 0 Å². The maximum atomic E-state index is 13.3. The number of non-ortho nitro benzene ring substituents is 1. The van der Waals surface area contributed by atoms with Crippen LogP contribution in [0.3, 0.4) is 0 Å². The standard InChI is InChI=1S/C21H17FN4O3S/c22-16-6-3-14(4-7-16)21(19-2-1-11-30-19)24-20(27)9-10-25-18-12-17(26(28)29)8-5-15(18)13-23-25/h1-8,11-13,21H,9-10H2,(H,24,27)/t21-/m0/s1. The summed E-state index contributed by atoms with van der Waals surface area (Å²) in [4.78, 5) is 24.2. The first-order valence-corrected chi connectivity index (χ1v) is 10.1. The van der Waals surface area contributed by atoms with E-state index in [0.717, 1.165) is 15.8 Å². The van der Waals surface area contributed by atoms with Gasteiger partial charge in [0.05, 0.1) is 29.2 Å². The molecule has 0 spiro atoms. The highest BCUT2D eigenvalue weighted by molar-refractivity contribution is 7.10. The van der Waals surface area contributed by atoms with Gasteiger partial charge >= 0.3 is 0 Å². The van der Waals surface area contributed by atoms with Crippen molar-refractivity contribution >= 4 is 33.8 Å². The second-order valence-electron chi connectivity index (χ2n) is 6.69. The summed E-state index contributed by atoms with van der Waals surface area (Å²) < 4.78 is 14.9. The van der Waals surface area contributed by atoms with Crippen molar-refractivity contribution in [1.82, 2.24) is 15.1 Å². The molecule has 30 heavy (non-hydrogen) atoms. The molecule has 0 aliphatic heterocycles. The minimum absolute atomic E-state index is 0.0252. The van der Waals surface area contributed by atoms with Crippen molar-refractivity contribution in [2.24, 2.45) is 0 Å². The van der Waals surface area contributed by atoms with Crippen LogP contribution in [-0.2, 0) is 11.3 Å². The fourth-order valence-corrected chi connectivity index (χ4v) is 4.02. The van der Waals surface area contributed by atoms with Crippen LogP contribution >= 0.6 is 11.3 Å². The Hall–Kier alpha value is -3.59. The van der Waals surface area contributed by atoms with E-state index in [1.165, 1.54) is 35.6 Å². The van der Waals surface area contributed by atoms with E-state index >= 15 is 0 Å². The third-order valence-electron chi connectivity index (χ3n) is 4.73. The third kappa shape index (κ3) is 4.20. The highest BCUT2D eigenvalue weighted by Crippen LogP contribution is 2.26. The minimum atomic E-state index is -0.461. The monoisotopic (exact) mass is 424 g/mol. The predicted octanol–water partition coefficient (Wildman–Crippen LogP) is 4.44. The summed E-state index contributed by atoms with van der Waals surface area (Å²) in [7, 11) is 0. The topological polar surface area (TPSA) is 90.1 Å². The molecule has 1 N–H and O–H groups in total. The van der Waals surface area contributed by atoms with E-state index in [9.17, 15) is 19.3 Å². The average molecular weight is 424 g/mol. The van der Waals surface area contributed by atoms with Crippen LogP contribution in [0, 0.1) is 15.9 Å². The van der Waals surface area contributed by atoms with Gasteiger partial charge in [-0.2, -0.15) is 5.10 Å². The lowest BCUT2D eigenvalue weighted by atomic mass is 10.1. The summed E-state index contributed by atoms with van der Waals surface area (Å²) in [5, 5.41) is 20.9. The minimum Gasteiger partial charge on any atom is -0.344 e. The Balaban J connectivity index is 1.49. The number of nitro benzene ring substituents is 1. The lowest BCUT2D eigenvalue weighted by molar-refractivity contribution is -0.384. The highest BCUT2D eigenvalue weighted by atomic mass is 32.1. The van der Waals surface area contributed by atoms with E-state index in [1.807, 2.05) is 17.5 Å². The molecule has 9 heteroatoms. The van der Waals surface area contributed by atoms with Gasteiger partial charge in [0.1, 0.15) is 5.82 Å². The quantitative estimate of drug-likeness (QED) is 0.351. The number of fused-ring (bicyclic) bond motifs is 1. The Morgan fingerprint density at radius 1 is 1.23 bits per heavy atom. The fraction of sp³-hybridized carbons (Fsp3) is 0.143. The van der Waals surface area contributed by atoms with E-state index in [4.69, 9.17) is 0 Å². The average Bonchev–Trinajstić information content (AvgIpc) is 3.41. The molecule has 1 atom stereocenters. The van der Waals surface area contributed by atoms with Crippen LogP contribution < -0.4 is 5.32 Å². The molecule has 4 rings (SSSR count). The van der Waals surface area contributed by atoms with Crippen LogP contribution in [-0.4, -0.2) is 20.6 Å². The van der Waals surface area contributed by atoms with Crippen LogP contribution in [0.2, 0.25) is 0 Å². The Bertz CT molecular complexity index is 1190. The maximum absolute atomic E-state index is 13.3. The summed E-state index contributed by atoms with van der Waals surface area (Å²) in [6, 6.07) is 14.0. The molecule has 2 heterocycles. The van der Waals surface area contributed by atoms with Gasteiger partial charge in [0, 0.05) is 28.8 Å². The maximum Gasteiger partial charge on any atom is 0.271 e.